The van der Waals surface area contributed by atoms with Gasteiger partial charge >= 0.3 is 0 Å². The van der Waals surface area contributed by atoms with Gasteiger partial charge in [-0.1, -0.05) is 29.3 Å². The first kappa shape index (κ1) is 22.4. The van der Waals surface area contributed by atoms with Crippen molar-refractivity contribution in [1.29, 1.82) is 0 Å². The van der Waals surface area contributed by atoms with Gasteiger partial charge in [-0.2, -0.15) is 0 Å². The minimum Gasteiger partial charge on any atom is -0.497 e. The average molecular weight is 471 g/mol. The van der Waals surface area contributed by atoms with Gasteiger partial charge in [0, 0.05) is 16.6 Å². The van der Waals surface area contributed by atoms with Crippen LogP contribution < -0.4 is 9.46 Å². The van der Waals surface area contributed by atoms with Crippen LogP contribution in [-0.4, -0.2) is 44.3 Å². The van der Waals surface area contributed by atoms with Crippen molar-refractivity contribution in [3.63, 3.8) is 0 Å². The molecule has 0 saturated carbocycles. The van der Waals surface area contributed by atoms with Crippen LogP contribution in [0.4, 0.5) is 0 Å². The molecule has 1 aliphatic rings. The minimum atomic E-state index is -4.09. The van der Waals surface area contributed by atoms with Crippen molar-refractivity contribution in [2.24, 2.45) is 0 Å². The molecule has 7 nitrogen and oxygen atoms in total. The van der Waals surface area contributed by atoms with Crippen LogP contribution in [0.3, 0.4) is 0 Å². The van der Waals surface area contributed by atoms with E-state index in [-0.39, 0.29) is 17.2 Å². The summed E-state index contributed by atoms with van der Waals surface area (Å²) in [4.78, 5) is 26.8. The number of benzene rings is 2. The summed E-state index contributed by atoms with van der Waals surface area (Å²) in [6, 6.07) is 10.4. The third-order valence-corrected chi connectivity index (χ3v) is 7.10. The van der Waals surface area contributed by atoms with Gasteiger partial charge in [-0.15, -0.1) is 0 Å². The molecule has 2 amide bonds. The molecule has 1 N–H and O–H groups in total. The van der Waals surface area contributed by atoms with Gasteiger partial charge in [0.25, 0.3) is 15.9 Å². The lowest BCUT2D eigenvalue weighted by Gasteiger charge is -2.49. The third-order valence-electron chi connectivity index (χ3n) is 5.16. The molecule has 0 aromatic heterocycles. The Bertz CT molecular complexity index is 1090. The summed E-state index contributed by atoms with van der Waals surface area (Å²) in [7, 11) is -2.63. The first-order valence-electron chi connectivity index (χ1n) is 9.02. The van der Waals surface area contributed by atoms with Gasteiger partial charge in [-0.05, 0) is 55.3 Å². The van der Waals surface area contributed by atoms with E-state index in [4.69, 9.17) is 27.9 Å². The second-order valence-electron chi connectivity index (χ2n) is 7.09. The summed E-state index contributed by atoms with van der Waals surface area (Å²) >= 11 is 12.0. The quantitative estimate of drug-likeness (QED) is 0.699. The van der Waals surface area contributed by atoms with Crippen molar-refractivity contribution >= 4 is 45.0 Å². The Labute approximate surface area is 185 Å². The standard InChI is InChI=1S/C20H20Cl2N2O5S/c1-20(19(26)23-30(27,28)16-7-5-15(29-2)6-8-16)9-10-24(20)18(25)11-13-3-4-14(21)12-17(13)22/h3-8,12H,9-11H2,1-2H3,(H,23,26). The zero-order valence-electron chi connectivity index (χ0n) is 16.3. The van der Waals surface area contributed by atoms with Gasteiger partial charge in [0.15, 0.2) is 0 Å². The molecule has 1 heterocycles. The topological polar surface area (TPSA) is 92.8 Å². The number of hydrogen-bond donors (Lipinski definition) is 1. The number of ether oxygens (including phenoxy) is 1. The first-order chi connectivity index (χ1) is 14.1. The number of nitrogens with zero attached hydrogens (tertiary/aromatic N) is 1. The number of likely N-dealkylation sites (tertiary alicyclic amines) is 1. The highest BCUT2D eigenvalue weighted by molar-refractivity contribution is 7.90. The Morgan fingerprint density at radius 1 is 1.17 bits per heavy atom. The van der Waals surface area contributed by atoms with Crippen LogP contribution in [0.15, 0.2) is 47.4 Å². The molecule has 2 aromatic carbocycles. The Kier molecular flexibility index (Phi) is 6.31. The van der Waals surface area contributed by atoms with Crippen molar-refractivity contribution in [1.82, 2.24) is 9.62 Å². The number of methoxy groups -OCH3 is 1. The minimum absolute atomic E-state index is 0.0237. The maximum Gasteiger partial charge on any atom is 0.264 e. The van der Waals surface area contributed by atoms with E-state index in [1.165, 1.54) is 49.3 Å². The van der Waals surface area contributed by atoms with Crippen LogP contribution >= 0.6 is 23.2 Å². The second-order valence-corrected chi connectivity index (χ2v) is 9.62. The van der Waals surface area contributed by atoms with E-state index < -0.39 is 21.5 Å². The first-order valence-corrected chi connectivity index (χ1v) is 11.3. The molecule has 0 radical (unpaired) electrons. The smallest absolute Gasteiger partial charge is 0.264 e. The number of nitrogens with one attached hydrogen (secondary N) is 1. The molecule has 10 heteroatoms. The van der Waals surface area contributed by atoms with Crippen molar-refractivity contribution in [3.05, 3.63) is 58.1 Å². The Hall–Kier alpha value is -2.29. The molecule has 1 saturated heterocycles. The molecule has 0 aliphatic carbocycles. The fourth-order valence-electron chi connectivity index (χ4n) is 3.16. The van der Waals surface area contributed by atoms with E-state index in [0.717, 1.165) is 0 Å². The highest BCUT2D eigenvalue weighted by atomic mass is 35.5. The van der Waals surface area contributed by atoms with Crippen LogP contribution in [-0.2, 0) is 26.0 Å². The van der Waals surface area contributed by atoms with Gasteiger partial charge in [-0.25, -0.2) is 13.1 Å². The highest BCUT2D eigenvalue weighted by Gasteiger charge is 2.50. The van der Waals surface area contributed by atoms with E-state index >= 15 is 0 Å². The Morgan fingerprint density at radius 2 is 1.83 bits per heavy atom. The van der Waals surface area contributed by atoms with E-state index in [9.17, 15) is 18.0 Å². The normalized spacial score (nSPS) is 18.5. The third kappa shape index (κ3) is 4.40. The lowest BCUT2D eigenvalue weighted by atomic mass is 9.85. The van der Waals surface area contributed by atoms with E-state index in [1.54, 1.807) is 12.1 Å². The zero-order chi connectivity index (χ0) is 22.1. The zero-order valence-corrected chi connectivity index (χ0v) is 18.6. The molecule has 30 heavy (non-hydrogen) atoms. The van der Waals surface area contributed by atoms with Crippen molar-refractivity contribution < 1.29 is 22.7 Å². The van der Waals surface area contributed by atoms with Crippen molar-refractivity contribution in [2.75, 3.05) is 13.7 Å². The number of rotatable bonds is 6. The highest BCUT2D eigenvalue weighted by Crippen LogP contribution is 2.32. The number of carbonyl (C=O) groups is 2. The molecule has 3 rings (SSSR count). The second kappa shape index (κ2) is 8.45. The van der Waals surface area contributed by atoms with Crippen molar-refractivity contribution in [3.8, 4) is 5.75 Å². The monoisotopic (exact) mass is 470 g/mol. The molecule has 1 unspecified atom stereocenters. The van der Waals surface area contributed by atoms with Crippen LogP contribution in [0.2, 0.25) is 10.0 Å². The van der Waals surface area contributed by atoms with Gasteiger partial charge in [-0.3, -0.25) is 9.59 Å². The molecule has 1 atom stereocenters. The summed E-state index contributed by atoms with van der Waals surface area (Å²) in [5.74, 6) is -0.603. The number of amides is 2. The summed E-state index contributed by atoms with van der Waals surface area (Å²) in [5, 5.41) is 0.803. The Balaban J connectivity index is 1.72. The summed E-state index contributed by atoms with van der Waals surface area (Å²) < 4.78 is 32.2. The van der Waals surface area contributed by atoms with Gasteiger partial charge in [0.05, 0.1) is 18.4 Å². The van der Waals surface area contributed by atoms with E-state index in [0.29, 0.717) is 34.3 Å². The van der Waals surface area contributed by atoms with Crippen LogP contribution in [0.25, 0.3) is 0 Å². The predicted octanol–water partition coefficient (Wildman–Crippen LogP) is 3.04. The Morgan fingerprint density at radius 3 is 2.37 bits per heavy atom. The summed E-state index contributed by atoms with van der Waals surface area (Å²) in [6.07, 6.45) is 0.321. The molecule has 0 spiro atoms. The van der Waals surface area contributed by atoms with E-state index in [1.807, 2.05) is 0 Å². The SMILES string of the molecule is COc1ccc(S(=O)(=O)NC(=O)C2(C)CCN2C(=O)Cc2ccc(Cl)cc2Cl)cc1. The lowest BCUT2D eigenvalue weighted by Crippen LogP contribution is -2.68. The summed E-state index contributed by atoms with van der Waals surface area (Å²) in [6.45, 7) is 1.88. The maximum atomic E-state index is 12.8. The summed E-state index contributed by atoms with van der Waals surface area (Å²) in [5.41, 5.74) is -0.693. The van der Waals surface area contributed by atoms with Gasteiger partial charge < -0.3 is 9.64 Å². The number of carbonyl (C=O) groups excluding carboxylic acids is 2. The maximum absolute atomic E-state index is 12.8. The van der Waals surface area contributed by atoms with Crippen LogP contribution in [0.1, 0.15) is 18.9 Å². The fraction of sp³-hybridized carbons (Fsp3) is 0.300. The van der Waals surface area contributed by atoms with Crippen LogP contribution in [0, 0.1) is 0 Å². The van der Waals surface area contributed by atoms with E-state index in [2.05, 4.69) is 4.72 Å². The molecule has 1 aliphatic heterocycles. The molecular formula is C20H20Cl2N2O5S. The number of halogens is 2. The molecular weight excluding hydrogens is 451 g/mol. The average Bonchev–Trinajstić information content (AvgIpc) is 2.68. The predicted molar refractivity (Wildman–Crippen MR) is 113 cm³/mol. The number of hydrogen-bond acceptors (Lipinski definition) is 5. The molecule has 160 valence electrons. The lowest BCUT2D eigenvalue weighted by molar-refractivity contribution is -0.156. The van der Waals surface area contributed by atoms with Crippen molar-refractivity contribution in [2.45, 2.75) is 30.2 Å². The van der Waals surface area contributed by atoms with Gasteiger partial charge in [0.1, 0.15) is 11.3 Å². The largest absolute Gasteiger partial charge is 0.497 e. The molecule has 1 fully saturated rings. The number of sulfonamides is 1. The molecule has 0 bridgehead atoms. The molecule has 2 aromatic rings. The fourth-order valence-corrected chi connectivity index (χ4v) is 4.72. The van der Waals surface area contributed by atoms with Gasteiger partial charge in [0.2, 0.25) is 5.91 Å². The van der Waals surface area contributed by atoms with Crippen LogP contribution in [0.5, 0.6) is 5.75 Å².